The van der Waals surface area contributed by atoms with Gasteiger partial charge in [0.1, 0.15) is 11.1 Å². The fraction of sp³-hybridized carbons (Fsp3) is 0.391. The average Bonchev–Trinajstić information content (AvgIpc) is 3.38. The van der Waals surface area contributed by atoms with Crippen LogP contribution in [-0.4, -0.2) is 57.3 Å². The van der Waals surface area contributed by atoms with E-state index in [9.17, 15) is 33.9 Å². The molecular formula is C23H23N5O7. The molecule has 0 bridgehead atoms. The molecule has 12 heteroatoms. The van der Waals surface area contributed by atoms with E-state index < -0.39 is 64.0 Å². The van der Waals surface area contributed by atoms with Gasteiger partial charge in [0, 0.05) is 43.5 Å². The van der Waals surface area contributed by atoms with Crippen LogP contribution in [0, 0.1) is 11.8 Å². The number of nitrogens with two attached hydrogens (primary N) is 1. The molecular weight excluding hydrogens is 458 g/mol. The summed E-state index contributed by atoms with van der Waals surface area (Å²) < 4.78 is 1.59. The number of anilines is 1. The van der Waals surface area contributed by atoms with E-state index in [4.69, 9.17) is 5.73 Å². The van der Waals surface area contributed by atoms with Gasteiger partial charge in [0.25, 0.3) is 0 Å². The number of aromatic nitrogens is 1. The molecule has 5 rings (SSSR count). The summed E-state index contributed by atoms with van der Waals surface area (Å²) in [5.74, 6) is -5.91. The predicted molar refractivity (Wildman–Crippen MR) is 121 cm³/mol. The number of nitrogens with one attached hydrogen (secondary N) is 2. The second-order valence-corrected chi connectivity index (χ2v) is 9.10. The summed E-state index contributed by atoms with van der Waals surface area (Å²) in [5.41, 5.74) is 3.01. The van der Waals surface area contributed by atoms with Crippen LogP contribution in [0.25, 0.3) is 10.9 Å². The minimum Gasteiger partial charge on any atom is -0.477 e. The Morgan fingerprint density at radius 1 is 1.17 bits per heavy atom. The SMILES string of the molecule is CCn1cc(C(=O)O)c(=O)c2c3c(ccc21)NC(=O)C31NC(CCC(N)=O)C2C(=O)N(C)C(=O)C21. The Bertz CT molecular complexity index is 1430. The Morgan fingerprint density at radius 3 is 2.51 bits per heavy atom. The van der Waals surface area contributed by atoms with Crippen molar-refractivity contribution in [3.8, 4) is 0 Å². The molecule has 0 radical (unpaired) electrons. The molecule has 182 valence electrons. The minimum absolute atomic E-state index is 0.0146. The third-order valence-electron chi connectivity index (χ3n) is 7.41. The van der Waals surface area contributed by atoms with E-state index >= 15 is 0 Å². The first-order valence-corrected chi connectivity index (χ1v) is 11.2. The first-order chi connectivity index (χ1) is 16.5. The van der Waals surface area contributed by atoms with Crippen LogP contribution in [0.5, 0.6) is 0 Å². The van der Waals surface area contributed by atoms with Gasteiger partial charge in [-0.15, -0.1) is 0 Å². The van der Waals surface area contributed by atoms with Crippen molar-refractivity contribution in [3.63, 3.8) is 0 Å². The number of hydrogen-bond acceptors (Lipinski definition) is 7. The number of nitrogens with zero attached hydrogens (tertiary/aromatic N) is 2. The smallest absolute Gasteiger partial charge is 0.341 e. The number of imide groups is 1. The van der Waals surface area contributed by atoms with Crippen molar-refractivity contribution in [2.75, 3.05) is 12.4 Å². The lowest BCUT2D eigenvalue weighted by Crippen LogP contribution is -2.53. The van der Waals surface area contributed by atoms with Gasteiger partial charge in [0.15, 0.2) is 0 Å². The van der Waals surface area contributed by atoms with Gasteiger partial charge in [-0.1, -0.05) is 0 Å². The van der Waals surface area contributed by atoms with Crippen molar-refractivity contribution < 1.29 is 29.1 Å². The minimum atomic E-state index is -1.80. The lowest BCUT2D eigenvalue weighted by atomic mass is 9.75. The molecule has 4 atom stereocenters. The summed E-state index contributed by atoms with van der Waals surface area (Å²) in [6, 6.07) is 2.45. The van der Waals surface area contributed by atoms with Crippen LogP contribution < -0.4 is 21.8 Å². The predicted octanol–water partition coefficient (Wildman–Crippen LogP) is -0.665. The van der Waals surface area contributed by atoms with Crippen molar-refractivity contribution in [1.29, 1.82) is 0 Å². The second-order valence-electron chi connectivity index (χ2n) is 9.10. The number of fused-ring (bicyclic) bond motifs is 6. The fourth-order valence-corrected chi connectivity index (χ4v) is 5.89. The molecule has 2 saturated heterocycles. The Balaban J connectivity index is 1.84. The number of hydrogen-bond donors (Lipinski definition) is 4. The zero-order chi connectivity index (χ0) is 25.4. The molecule has 1 aromatic carbocycles. The number of carboxylic acids is 1. The molecule has 4 amide bonds. The number of rotatable bonds is 5. The molecule has 0 saturated carbocycles. The van der Waals surface area contributed by atoms with Crippen molar-refractivity contribution in [2.24, 2.45) is 17.6 Å². The number of likely N-dealkylation sites (tertiary alicyclic amines) is 1. The fourth-order valence-electron chi connectivity index (χ4n) is 5.89. The van der Waals surface area contributed by atoms with E-state index in [-0.39, 0.29) is 29.5 Å². The number of pyridine rings is 1. The molecule has 35 heavy (non-hydrogen) atoms. The maximum absolute atomic E-state index is 13.6. The lowest BCUT2D eigenvalue weighted by molar-refractivity contribution is -0.141. The third-order valence-corrected chi connectivity index (χ3v) is 7.41. The first-order valence-electron chi connectivity index (χ1n) is 11.2. The van der Waals surface area contributed by atoms with Gasteiger partial charge >= 0.3 is 5.97 Å². The lowest BCUT2D eigenvalue weighted by Gasteiger charge is -2.30. The maximum Gasteiger partial charge on any atom is 0.341 e. The third kappa shape index (κ3) is 2.83. The highest BCUT2D eigenvalue weighted by atomic mass is 16.4. The highest BCUT2D eigenvalue weighted by Crippen LogP contribution is 2.54. The molecule has 2 aromatic rings. The summed E-state index contributed by atoms with van der Waals surface area (Å²) in [7, 11) is 1.32. The number of aryl methyl sites for hydroxylation is 1. The van der Waals surface area contributed by atoms with Gasteiger partial charge in [0.2, 0.25) is 29.1 Å². The Kier molecular flexibility index (Phi) is 4.85. The normalized spacial score (nSPS) is 27.0. The van der Waals surface area contributed by atoms with E-state index in [1.54, 1.807) is 23.6 Å². The molecule has 4 unspecified atom stereocenters. The monoisotopic (exact) mass is 481 g/mol. The largest absolute Gasteiger partial charge is 0.477 e. The summed E-state index contributed by atoms with van der Waals surface area (Å²) >= 11 is 0. The van der Waals surface area contributed by atoms with E-state index in [1.807, 2.05) is 0 Å². The molecule has 4 heterocycles. The zero-order valence-electron chi connectivity index (χ0n) is 19.0. The van der Waals surface area contributed by atoms with Gasteiger partial charge in [0.05, 0.1) is 22.7 Å². The molecule has 3 aliphatic rings. The molecule has 1 spiro atoms. The van der Waals surface area contributed by atoms with Gasteiger partial charge in [-0.3, -0.25) is 34.2 Å². The molecule has 0 aliphatic carbocycles. The van der Waals surface area contributed by atoms with Crippen LogP contribution in [0.1, 0.15) is 35.7 Å². The van der Waals surface area contributed by atoms with E-state index in [0.717, 1.165) is 4.90 Å². The van der Waals surface area contributed by atoms with Crippen molar-refractivity contribution in [1.82, 2.24) is 14.8 Å². The summed E-state index contributed by atoms with van der Waals surface area (Å²) in [5, 5.41) is 15.5. The maximum atomic E-state index is 13.6. The number of carbonyl (C=O) groups excluding carboxylic acids is 4. The van der Waals surface area contributed by atoms with Crippen LogP contribution in [0.3, 0.4) is 0 Å². The molecule has 2 fully saturated rings. The van der Waals surface area contributed by atoms with E-state index in [1.165, 1.54) is 13.2 Å². The number of carbonyl (C=O) groups is 5. The van der Waals surface area contributed by atoms with Crippen LogP contribution >= 0.6 is 0 Å². The van der Waals surface area contributed by atoms with E-state index in [0.29, 0.717) is 12.1 Å². The number of carboxylic acid groups (broad SMARTS) is 1. The molecule has 5 N–H and O–H groups in total. The Labute approximate surface area is 198 Å². The van der Waals surface area contributed by atoms with Gasteiger partial charge < -0.3 is 20.7 Å². The summed E-state index contributed by atoms with van der Waals surface area (Å²) in [4.78, 5) is 77.8. The average molecular weight is 481 g/mol. The van der Waals surface area contributed by atoms with Crippen LogP contribution in [0.2, 0.25) is 0 Å². The van der Waals surface area contributed by atoms with Crippen LogP contribution in [0.4, 0.5) is 5.69 Å². The van der Waals surface area contributed by atoms with Crippen LogP contribution in [-0.2, 0) is 31.3 Å². The van der Waals surface area contributed by atoms with Crippen molar-refractivity contribution in [3.05, 3.63) is 39.7 Å². The molecule has 1 aromatic heterocycles. The standard InChI is InChI=1S/C23H23N5O7/c1-3-28-8-9(21(33)34)18(30)15-12(28)6-4-11-16(15)23(22(35)25-11)17-14(19(31)27(2)20(17)32)10(26-23)5-7-13(24)29/h4,6,8,10,14,17,26H,3,5,7H2,1-2H3,(H2,24,29)(H,25,35)(H,33,34). The van der Waals surface area contributed by atoms with Gasteiger partial charge in [-0.25, -0.2) is 4.79 Å². The zero-order valence-corrected chi connectivity index (χ0v) is 19.0. The highest BCUT2D eigenvalue weighted by molar-refractivity contribution is 6.17. The topological polar surface area (TPSA) is 181 Å². The number of benzene rings is 1. The van der Waals surface area contributed by atoms with E-state index in [2.05, 4.69) is 10.6 Å². The number of primary amides is 1. The summed E-state index contributed by atoms with van der Waals surface area (Å²) in [6.07, 6.45) is 1.25. The summed E-state index contributed by atoms with van der Waals surface area (Å²) in [6.45, 7) is 2.12. The Morgan fingerprint density at radius 2 is 1.89 bits per heavy atom. The van der Waals surface area contributed by atoms with Gasteiger partial charge in [-0.2, -0.15) is 0 Å². The second kappa shape index (κ2) is 7.47. The molecule has 3 aliphatic heterocycles. The van der Waals surface area contributed by atoms with Crippen molar-refractivity contribution >= 4 is 46.2 Å². The quantitative estimate of drug-likeness (QED) is 0.406. The highest BCUT2D eigenvalue weighted by Gasteiger charge is 2.70. The van der Waals surface area contributed by atoms with Gasteiger partial charge in [-0.05, 0) is 25.5 Å². The number of amides is 4. The van der Waals surface area contributed by atoms with Crippen LogP contribution in [0.15, 0.2) is 23.1 Å². The number of aromatic carboxylic acids is 1. The first kappa shape index (κ1) is 22.7. The Hall–Kier alpha value is -4.06. The van der Waals surface area contributed by atoms with Crippen molar-refractivity contribution in [2.45, 2.75) is 37.9 Å². The molecule has 12 nitrogen and oxygen atoms in total.